The number of hydrogen-bond acceptors (Lipinski definition) is 5. The van der Waals surface area contributed by atoms with Gasteiger partial charge in [-0.05, 0) is 25.5 Å². The van der Waals surface area contributed by atoms with Crippen LogP contribution < -0.4 is 5.73 Å². The van der Waals surface area contributed by atoms with E-state index in [4.69, 9.17) is 15.7 Å². The topological polar surface area (TPSA) is 102 Å². The van der Waals surface area contributed by atoms with Gasteiger partial charge in [-0.25, -0.2) is 8.42 Å². The Labute approximate surface area is 119 Å². The molecular formula is C13H20N2O4S. The Kier molecular flexibility index (Phi) is 5.97. The molecule has 6 nitrogen and oxygen atoms in total. The third kappa shape index (κ3) is 4.50. The quantitative estimate of drug-likeness (QED) is 0.343. The van der Waals surface area contributed by atoms with E-state index in [0.29, 0.717) is 5.56 Å². The van der Waals surface area contributed by atoms with Crippen molar-refractivity contribution in [3.05, 3.63) is 29.8 Å². The van der Waals surface area contributed by atoms with Crippen LogP contribution in [0, 0.1) is 0 Å². The average Bonchev–Trinajstić information content (AvgIpc) is 2.46. The van der Waals surface area contributed by atoms with E-state index in [1.807, 2.05) is 13.8 Å². The molecular weight excluding hydrogens is 280 g/mol. The molecule has 0 fully saturated rings. The molecule has 0 aliphatic rings. The number of benzene rings is 1. The number of rotatable bonds is 7. The van der Waals surface area contributed by atoms with Crippen molar-refractivity contribution < 1.29 is 18.4 Å². The molecule has 0 saturated heterocycles. The van der Waals surface area contributed by atoms with Gasteiger partial charge in [0.25, 0.3) is 0 Å². The van der Waals surface area contributed by atoms with E-state index in [1.165, 1.54) is 12.1 Å². The van der Waals surface area contributed by atoms with Gasteiger partial charge >= 0.3 is 0 Å². The van der Waals surface area contributed by atoms with Crippen molar-refractivity contribution in [2.75, 3.05) is 12.4 Å². The largest absolute Gasteiger partial charge is 0.409 e. The maximum absolute atomic E-state index is 12.1. The normalized spacial score (nSPS) is 14.2. The Bertz CT molecular complexity index is 569. The lowest BCUT2D eigenvalue weighted by Crippen LogP contribution is -2.18. The number of amidine groups is 1. The van der Waals surface area contributed by atoms with Gasteiger partial charge in [0, 0.05) is 5.56 Å². The summed E-state index contributed by atoms with van der Waals surface area (Å²) in [5.74, 6) is -0.227. The number of sulfone groups is 1. The molecule has 0 saturated carbocycles. The molecule has 0 aromatic heterocycles. The fourth-order valence-electron chi connectivity index (χ4n) is 1.50. The highest BCUT2D eigenvalue weighted by molar-refractivity contribution is 7.91. The summed E-state index contributed by atoms with van der Waals surface area (Å²) < 4.78 is 29.7. The summed E-state index contributed by atoms with van der Waals surface area (Å²) in [5, 5.41) is 11.5. The van der Waals surface area contributed by atoms with E-state index >= 15 is 0 Å². The minimum Gasteiger partial charge on any atom is -0.409 e. The fraction of sp³-hybridized carbons (Fsp3) is 0.462. The van der Waals surface area contributed by atoms with Crippen molar-refractivity contribution in [1.82, 2.24) is 0 Å². The summed E-state index contributed by atoms with van der Waals surface area (Å²) in [6.45, 7) is 4.01. The number of ether oxygens (including phenoxy) is 1. The predicted molar refractivity (Wildman–Crippen MR) is 76.7 cm³/mol. The van der Waals surface area contributed by atoms with E-state index in [-0.39, 0.29) is 29.2 Å². The van der Waals surface area contributed by atoms with E-state index in [2.05, 4.69) is 5.16 Å². The monoisotopic (exact) mass is 300 g/mol. The van der Waals surface area contributed by atoms with Crippen molar-refractivity contribution in [3.63, 3.8) is 0 Å². The summed E-state index contributed by atoms with van der Waals surface area (Å²) in [5.41, 5.74) is 5.80. The zero-order valence-electron chi connectivity index (χ0n) is 11.6. The van der Waals surface area contributed by atoms with Gasteiger partial charge in [0.05, 0.1) is 23.4 Å². The first-order chi connectivity index (χ1) is 9.40. The van der Waals surface area contributed by atoms with Crippen LogP contribution in [0.1, 0.15) is 25.8 Å². The smallest absolute Gasteiger partial charge is 0.180 e. The molecule has 0 heterocycles. The standard InChI is InChI=1S/C13H20N2O4S/c1-3-10(2)19-7-8-20(17,18)12-6-4-5-11(9-12)13(14)15-16/h4-6,9-10,16H,3,7-8H2,1-2H3,(H2,14,15). The van der Waals surface area contributed by atoms with Crippen LogP contribution in [0.5, 0.6) is 0 Å². The first-order valence-corrected chi connectivity index (χ1v) is 7.98. The van der Waals surface area contributed by atoms with Crippen LogP contribution in [-0.4, -0.2) is 37.9 Å². The number of hydrogen-bond donors (Lipinski definition) is 2. The SMILES string of the molecule is CCC(C)OCCS(=O)(=O)c1cccc(/C(N)=N/O)c1. The number of nitrogens with zero attached hydrogens (tertiary/aromatic N) is 1. The molecule has 1 unspecified atom stereocenters. The highest BCUT2D eigenvalue weighted by atomic mass is 32.2. The molecule has 1 atom stereocenters. The number of oxime groups is 1. The third-order valence-electron chi connectivity index (χ3n) is 2.93. The molecule has 0 spiro atoms. The van der Waals surface area contributed by atoms with Crippen molar-refractivity contribution in [2.45, 2.75) is 31.3 Å². The molecule has 0 aliphatic heterocycles. The van der Waals surface area contributed by atoms with Gasteiger partial charge in [0.1, 0.15) is 0 Å². The van der Waals surface area contributed by atoms with Crippen LogP contribution in [0.25, 0.3) is 0 Å². The summed E-state index contributed by atoms with van der Waals surface area (Å²) in [7, 11) is -3.45. The Morgan fingerprint density at radius 1 is 1.50 bits per heavy atom. The van der Waals surface area contributed by atoms with Gasteiger partial charge in [0.15, 0.2) is 15.7 Å². The summed E-state index contributed by atoms with van der Waals surface area (Å²) in [4.78, 5) is 0.134. The predicted octanol–water partition coefficient (Wildman–Crippen LogP) is 1.37. The van der Waals surface area contributed by atoms with Crippen molar-refractivity contribution in [3.8, 4) is 0 Å². The lowest BCUT2D eigenvalue weighted by Gasteiger charge is -2.11. The first kappa shape index (κ1) is 16.5. The molecule has 112 valence electrons. The fourth-order valence-corrected chi connectivity index (χ4v) is 2.65. The highest BCUT2D eigenvalue weighted by Crippen LogP contribution is 2.13. The molecule has 0 amide bonds. The molecule has 20 heavy (non-hydrogen) atoms. The molecule has 1 aromatic rings. The first-order valence-electron chi connectivity index (χ1n) is 6.33. The second-order valence-corrected chi connectivity index (χ2v) is 6.53. The molecule has 1 rings (SSSR count). The van der Waals surface area contributed by atoms with Crippen LogP contribution in [0.2, 0.25) is 0 Å². The van der Waals surface area contributed by atoms with Crippen molar-refractivity contribution >= 4 is 15.7 Å². The van der Waals surface area contributed by atoms with E-state index < -0.39 is 9.84 Å². The lowest BCUT2D eigenvalue weighted by atomic mass is 10.2. The van der Waals surface area contributed by atoms with Crippen LogP contribution in [0.15, 0.2) is 34.3 Å². The van der Waals surface area contributed by atoms with Gasteiger partial charge in [-0.1, -0.05) is 24.2 Å². The maximum atomic E-state index is 12.1. The molecule has 0 aliphatic carbocycles. The Morgan fingerprint density at radius 3 is 2.80 bits per heavy atom. The summed E-state index contributed by atoms with van der Waals surface area (Å²) in [6, 6.07) is 5.99. The second-order valence-electron chi connectivity index (χ2n) is 4.42. The van der Waals surface area contributed by atoms with Crippen molar-refractivity contribution in [1.29, 1.82) is 0 Å². The average molecular weight is 300 g/mol. The minimum atomic E-state index is -3.45. The van der Waals surface area contributed by atoms with Crippen LogP contribution in [0.4, 0.5) is 0 Å². The van der Waals surface area contributed by atoms with Gasteiger partial charge in [-0.3, -0.25) is 0 Å². The Morgan fingerprint density at radius 2 is 2.20 bits per heavy atom. The number of nitrogens with two attached hydrogens (primary N) is 1. The van der Waals surface area contributed by atoms with Crippen LogP contribution in [-0.2, 0) is 14.6 Å². The molecule has 0 bridgehead atoms. The van der Waals surface area contributed by atoms with Crippen molar-refractivity contribution in [2.24, 2.45) is 10.9 Å². The highest BCUT2D eigenvalue weighted by Gasteiger charge is 2.16. The summed E-state index contributed by atoms with van der Waals surface area (Å²) in [6.07, 6.45) is 0.868. The third-order valence-corrected chi connectivity index (χ3v) is 4.60. The van der Waals surface area contributed by atoms with E-state index in [1.54, 1.807) is 12.1 Å². The molecule has 7 heteroatoms. The van der Waals surface area contributed by atoms with Gasteiger partial charge in [-0.15, -0.1) is 0 Å². The molecule has 0 radical (unpaired) electrons. The minimum absolute atomic E-state index is 0.0358. The second kappa shape index (κ2) is 7.25. The molecule has 1 aromatic carbocycles. The van der Waals surface area contributed by atoms with E-state index in [9.17, 15) is 8.42 Å². The van der Waals surface area contributed by atoms with Crippen LogP contribution >= 0.6 is 0 Å². The van der Waals surface area contributed by atoms with Gasteiger partial charge < -0.3 is 15.7 Å². The Hall–Kier alpha value is -1.60. The van der Waals surface area contributed by atoms with Gasteiger partial charge in [-0.2, -0.15) is 0 Å². The van der Waals surface area contributed by atoms with Gasteiger partial charge in [0.2, 0.25) is 0 Å². The van der Waals surface area contributed by atoms with Crippen LogP contribution in [0.3, 0.4) is 0 Å². The Balaban J connectivity index is 2.82. The zero-order valence-corrected chi connectivity index (χ0v) is 12.4. The summed E-state index contributed by atoms with van der Waals surface area (Å²) >= 11 is 0. The van der Waals surface area contributed by atoms with E-state index in [0.717, 1.165) is 6.42 Å². The zero-order chi connectivity index (χ0) is 15.2. The lowest BCUT2D eigenvalue weighted by molar-refractivity contribution is 0.0752. The maximum Gasteiger partial charge on any atom is 0.180 e. The molecule has 3 N–H and O–H groups in total.